The van der Waals surface area contributed by atoms with Gasteiger partial charge in [0.1, 0.15) is 16.9 Å². The van der Waals surface area contributed by atoms with Crippen LogP contribution in [0.25, 0.3) is 10.9 Å². The van der Waals surface area contributed by atoms with Crippen molar-refractivity contribution in [2.24, 2.45) is 0 Å². The van der Waals surface area contributed by atoms with Crippen LogP contribution in [0.5, 0.6) is 5.75 Å². The van der Waals surface area contributed by atoms with Gasteiger partial charge in [-0.3, -0.25) is 9.88 Å². The van der Waals surface area contributed by atoms with Crippen molar-refractivity contribution >= 4 is 28.7 Å². The van der Waals surface area contributed by atoms with Gasteiger partial charge in [0.05, 0.1) is 19.8 Å². The van der Waals surface area contributed by atoms with E-state index in [1.807, 2.05) is 40.0 Å². The van der Waals surface area contributed by atoms with Crippen LogP contribution in [-0.2, 0) is 9.47 Å². The molecule has 3 rings (SSSR count). The van der Waals surface area contributed by atoms with Crippen LogP contribution in [-0.4, -0.2) is 93.0 Å². The van der Waals surface area contributed by atoms with Gasteiger partial charge < -0.3 is 24.0 Å². The molecule has 34 heavy (non-hydrogen) atoms. The quantitative estimate of drug-likeness (QED) is 0.567. The zero-order valence-electron chi connectivity index (χ0n) is 21.1. The van der Waals surface area contributed by atoms with Gasteiger partial charge >= 0.3 is 12.1 Å². The fourth-order valence-electron chi connectivity index (χ4n) is 4.01. The van der Waals surface area contributed by atoms with Crippen LogP contribution in [0.3, 0.4) is 0 Å². The average molecular weight is 473 g/mol. The third-order valence-electron chi connectivity index (χ3n) is 5.85. The lowest BCUT2D eigenvalue weighted by Crippen LogP contribution is -2.50. The first-order valence-corrected chi connectivity index (χ1v) is 11.6. The molecule has 186 valence electrons. The van der Waals surface area contributed by atoms with Gasteiger partial charge in [0.25, 0.3) is 0 Å². The van der Waals surface area contributed by atoms with Gasteiger partial charge in [0, 0.05) is 63.1 Å². The smallest absolute Gasteiger partial charge is 0.410 e. The number of esters is 1. The minimum absolute atomic E-state index is 0.238. The number of ether oxygens (including phenoxy) is 3. The number of hydrogen-bond acceptors (Lipinski definition) is 8. The summed E-state index contributed by atoms with van der Waals surface area (Å²) in [4.78, 5) is 35.2. The first-order chi connectivity index (χ1) is 16.1. The average Bonchev–Trinajstić information content (AvgIpc) is 2.81. The number of methoxy groups -OCH3 is 2. The second kappa shape index (κ2) is 10.9. The largest absolute Gasteiger partial charge is 0.494 e. The molecule has 9 nitrogen and oxygen atoms in total. The minimum atomic E-state index is -0.474. The summed E-state index contributed by atoms with van der Waals surface area (Å²) in [6, 6.07) is 5.56. The number of fused-ring (bicyclic) bond motifs is 1. The van der Waals surface area contributed by atoms with Crippen LogP contribution >= 0.6 is 0 Å². The van der Waals surface area contributed by atoms with E-state index in [-0.39, 0.29) is 6.09 Å². The fourth-order valence-corrected chi connectivity index (χ4v) is 4.01. The van der Waals surface area contributed by atoms with Crippen molar-refractivity contribution in [3.8, 4) is 5.75 Å². The molecule has 2 heterocycles. The third kappa shape index (κ3) is 6.28. The Kier molecular flexibility index (Phi) is 8.19. The van der Waals surface area contributed by atoms with E-state index in [0.717, 1.165) is 38.3 Å². The van der Waals surface area contributed by atoms with Crippen molar-refractivity contribution in [1.82, 2.24) is 14.8 Å². The molecule has 2 aromatic rings. The molecule has 0 atom stereocenters. The van der Waals surface area contributed by atoms with Crippen LogP contribution in [0.1, 0.15) is 37.6 Å². The van der Waals surface area contributed by atoms with Gasteiger partial charge in [-0.1, -0.05) is 0 Å². The maximum atomic E-state index is 12.2. The topological polar surface area (TPSA) is 84.4 Å². The van der Waals surface area contributed by atoms with Crippen molar-refractivity contribution in [1.29, 1.82) is 0 Å². The molecule has 1 amide bonds. The Morgan fingerprint density at radius 2 is 1.82 bits per heavy atom. The summed E-state index contributed by atoms with van der Waals surface area (Å²) < 4.78 is 16.0. The second-order valence-electron chi connectivity index (χ2n) is 9.48. The molecule has 0 radical (unpaired) electrons. The van der Waals surface area contributed by atoms with E-state index in [9.17, 15) is 9.59 Å². The van der Waals surface area contributed by atoms with Gasteiger partial charge in [0.2, 0.25) is 0 Å². The number of benzene rings is 1. The van der Waals surface area contributed by atoms with E-state index in [1.165, 1.54) is 7.11 Å². The maximum Gasteiger partial charge on any atom is 0.410 e. The molecular formula is C25H36N4O5. The highest BCUT2D eigenvalue weighted by atomic mass is 16.6. The zero-order valence-corrected chi connectivity index (χ0v) is 21.1. The Morgan fingerprint density at radius 1 is 1.12 bits per heavy atom. The summed E-state index contributed by atoms with van der Waals surface area (Å²) in [5, 5.41) is 0.703. The first-order valence-electron chi connectivity index (χ1n) is 11.6. The summed E-state index contributed by atoms with van der Waals surface area (Å²) in [5.41, 5.74) is 1.56. The van der Waals surface area contributed by atoms with Crippen molar-refractivity contribution in [3.63, 3.8) is 0 Å². The summed E-state index contributed by atoms with van der Waals surface area (Å²) in [5.74, 6) is 0.211. The highest BCUT2D eigenvalue weighted by molar-refractivity contribution is 6.05. The number of aromatic nitrogens is 1. The van der Waals surface area contributed by atoms with Gasteiger partial charge in [-0.05, 0) is 45.9 Å². The molecular weight excluding hydrogens is 436 g/mol. The predicted octanol–water partition coefficient (Wildman–Crippen LogP) is 3.41. The second-order valence-corrected chi connectivity index (χ2v) is 9.48. The third-order valence-corrected chi connectivity index (χ3v) is 5.85. The lowest BCUT2D eigenvalue weighted by molar-refractivity contribution is 0.0145. The molecule has 1 aromatic heterocycles. The summed E-state index contributed by atoms with van der Waals surface area (Å²) >= 11 is 0. The molecule has 0 bridgehead atoms. The molecule has 1 aliphatic heterocycles. The molecule has 1 fully saturated rings. The number of nitrogens with zero attached hydrogens (tertiary/aromatic N) is 4. The highest BCUT2D eigenvalue weighted by Gasteiger charge is 2.25. The van der Waals surface area contributed by atoms with Gasteiger partial charge in [0.15, 0.2) is 0 Å². The predicted molar refractivity (Wildman–Crippen MR) is 132 cm³/mol. The van der Waals surface area contributed by atoms with Crippen molar-refractivity contribution in [2.75, 3.05) is 65.4 Å². The number of pyridine rings is 1. The van der Waals surface area contributed by atoms with Crippen LogP contribution in [0, 0.1) is 0 Å². The molecule has 0 unspecified atom stereocenters. The molecule has 1 saturated heterocycles. The van der Waals surface area contributed by atoms with Crippen LogP contribution in [0.15, 0.2) is 24.4 Å². The SMILES string of the molecule is COC(=O)c1ccnc2c(OC)cc(N(C)CCCN3CCN(C(=O)OC(C)(C)C)CC3)cc12. The van der Waals surface area contributed by atoms with Crippen LogP contribution in [0.2, 0.25) is 0 Å². The van der Waals surface area contributed by atoms with Gasteiger partial charge in [-0.15, -0.1) is 0 Å². The number of piperazine rings is 1. The molecule has 1 aliphatic rings. The van der Waals surface area contributed by atoms with Crippen molar-refractivity contribution in [3.05, 3.63) is 30.0 Å². The first kappa shape index (κ1) is 25.6. The summed E-state index contributed by atoms with van der Waals surface area (Å²) in [7, 11) is 4.99. The molecule has 9 heteroatoms. The van der Waals surface area contributed by atoms with E-state index in [4.69, 9.17) is 14.2 Å². The van der Waals surface area contributed by atoms with E-state index in [2.05, 4.69) is 14.8 Å². The monoisotopic (exact) mass is 472 g/mol. The maximum absolute atomic E-state index is 12.2. The zero-order chi connectivity index (χ0) is 24.9. The minimum Gasteiger partial charge on any atom is -0.494 e. The van der Waals surface area contributed by atoms with E-state index in [0.29, 0.717) is 35.3 Å². The van der Waals surface area contributed by atoms with Crippen molar-refractivity contribution in [2.45, 2.75) is 32.8 Å². The van der Waals surface area contributed by atoms with Crippen LogP contribution < -0.4 is 9.64 Å². The van der Waals surface area contributed by atoms with E-state index >= 15 is 0 Å². The Morgan fingerprint density at radius 3 is 2.44 bits per heavy atom. The molecule has 0 saturated carbocycles. The Balaban J connectivity index is 1.58. The molecule has 0 N–H and O–H groups in total. The van der Waals surface area contributed by atoms with Gasteiger partial charge in [-0.25, -0.2) is 9.59 Å². The molecule has 1 aromatic carbocycles. The van der Waals surface area contributed by atoms with Gasteiger partial charge in [-0.2, -0.15) is 0 Å². The number of anilines is 1. The highest BCUT2D eigenvalue weighted by Crippen LogP contribution is 2.32. The lowest BCUT2D eigenvalue weighted by Gasteiger charge is -2.35. The summed E-state index contributed by atoms with van der Waals surface area (Å²) in [6.07, 6.45) is 2.31. The number of carbonyl (C=O) groups is 2. The molecule has 0 spiro atoms. The van der Waals surface area contributed by atoms with E-state index < -0.39 is 11.6 Å². The standard InChI is InChI=1S/C25H36N4O5/c1-25(2,3)34-24(31)29-14-12-28(13-15-29)11-7-10-27(4)18-16-20-19(23(30)33-6)8-9-26-22(20)21(17-18)32-5/h8-9,16-17H,7,10-15H2,1-6H3. The molecule has 0 aliphatic carbocycles. The Bertz CT molecular complexity index is 1010. The fraction of sp³-hybridized carbons (Fsp3) is 0.560. The number of hydrogen-bond donors (Lipinski definition) is 0. The Labute approximate surface area is 201 Å². The Hall–Kier alpha value is -3.07. The van der Waals surface area contributed by atoms with Crippen LogP contribution in [0.4, 0.5) is 10.5 Å². The number of rotatable bonds is 7. The van der Waals surface area contributed by atoms with E-state index in [1.54, 1.807) is 24.3 Å². The number of amides is 1. The summed E-state index contributed by atoms with van der Waals surface area (Å²) in [6.45, 7) is 10.4. The normalized spacial score (nSPS) is 14.7. The lowest BCUT2D eigenvalue weighted by atomic mass is 10.1. The van der Waals surface area contributed by atoms with Crippen molar-refractivity contribution < 1.29 is 23.8 Å². The number of carbonyl (C=O) groups excluding carboxylic acids is 2.